The molecule has 0 amide bonds. The molecule has 0 radical (unpaired) electrons. The number of ether oxygens (including phenoxy) is 1. The van der Waals surface area contributed by atoms with Gasteiger partial charge in [0.1, 0.15) is 0 Å². The van der Waals surface area contributed by atoms with Crippen molar-refractivity contribution in [1.29, 1.82) is 0 Å². The molecule has 0 spiro atoms. The molecule has 3 heterocycles. The minimum absolute atomic E-state index is 0.335. The molecule has 3 atom stereocenters. The normalized spacial score (nSPS) is 31.7. The summed E-state index contributed by atoms with van der Waals surface area (Å²) in [5, 5.41) is 0. The molecule has 1 aromatic rings. The molecule has 0 saturated carbocycles. The summed E-state index contributed by atoms with van der Waals surface area (Å²) in [4.78, 5) is 13.7. The number of rotatable bonds is 3. The molecule has 3 rings (SSSR count). The molecule has 0 bridgehead atoms. The molecule has 2 aliphatic rings. The second-order valence-electron chi connectivity index (χ2n) is 6.01. The van der Waals surface area contributed by atoms with E-state index in [2.05, 4.69) is 33.6 Å². The van der Waals surface area contributed by atoms with Gasteiger partial charge in [-0.25, -0.2) is 9.97 Å². The molecule has 2 fully saturated rings. The molecule has 0 aromatic carbocycles. The molecule has 1 aromatic heterocycles. The van der Waals surface area contributed by atoms with Crippen LogP contribution in [0.3, 0.4) is 0 Å². The fraction of sp³-hybridized carbons (Fsp3) is 0.733. The summed E-state index contributed by atoms with van der Waals surface area (Å²) in [6.07, 6.45) is 6.80. The summed E-state index contributed by atoms with van der Waals surface area (Å²) in [5.41, 5.74) is 0. The lowest BCUT2D eigenvalue weighted by Crippen LogP contribution is -2.50. The summed E-state index contributed by atoms with van der Waals surface area (Å²) in [6.45, 7) is 8.56. The summed E-state index contributed by atoms with van der Waals surface area (Å²) < 4.78 is 5.81. The second kappa shape index (κ2) is 6.06. The van der Waals surface area contributed by atoms with Crippen molar-refractivity contribution in [3.8, 4) is 0 Å². The molecule has 0 unspecified atom stereocenters. The van der Waals surface area contributed by atoms with E-state index in [1.807, 2.05) is 18.5 Å². The van der Waals surface area contributed by atoms with Gasteiger partial charge >= 0.3 is 0 Å². The van der Waals surface area contributed by atoms with Gasteiger partial charge in [0, 0.05) is 44.6 Å². The van der Waals surface area contributed by atoms with E-state index in [0.29, 0.717) is 18.2 Å². The van der Waals surface area contributed by atoms with Crippen molar-refractivity contribution in [2.75, 3.05) is 31.1 Å². The van der Waals surface area contributed by atoms with Crippen LogP contribution in [-0.2, 0) is 4.74 Å². The first kappa shape index (κ1) is 13.8. The zero-order valence-corrected chi connectivity index (χ0v) is 12.4. The van der Waals surface area contributed by atoms with Gasteiger partial charge in [0.15, 0.2) is 0 Å². The summed E-state index contributed by atoms with van der Waals surface area (Å²) in [6, 6.07) is 2.41. The van der Waals surface area contributed by atoms with Crippen molar-refractivity contribution in [3.05, 3.63) is 18.5 Å². The van der Waals surface area contributed by atoms with E-state index in [4.69, 9.17) is 4.74 Å². The Hall–Kier alpha value is -1.20. The van der Waals surface area contributed by atoms with Crippen molar-refractivity contribution in [2.24, 2.45) is 0 Å². The molecule has 110 valence electrons. The molecule has 5 heteroatoms. The van der Waals surface area contributed by atoms with Gasteiger partial charge in [-0.15, -0.1) is 0 Å². The predicted molar refractivity (Wildman–Crippen MR) is 78.8 cm³/mol. The first-order valence-electron chi connectivity index (χ1n) is 7.64. The van der Waals surface area contributed by atoms with E-state index in [1.54, 1.807) is 0 Å². The summed E-state index contributed by atoms with van der Waals surface area (Å²) in [5.74, 6) is 0.879. The van der Waals surface area contributed by atoms with E-state index >= 15 is 0 Å². The van der Waals surface area contributed by atoms with Crippen molar-refractivity contribution in [2.45, 2.75) is 44.9 Å². The Morgan fingerprint density at radius 2 is 1.90 bits per heavy atom. The predicted octanol–water partition coefficient (Wildman–Crippen LogP) is 1.55. The number of morpholine rings is 1. The molecular weight excluding hydrogens is 252 g/mol. The van der Waals surface area contributed by atoms with Gasteiger partial charge in [-0.2, -0.15) is 0 Å². The number of nitrogens with zero attached hydrogens (tertiary/aromatic N) is 4. The molecule has 2 aliphatic heterocycles. The average Bonchev–Trinajstić information content (AvgIpc) is 2.86. The van der Waals surface area contributed by atoms with Gasteiger partial charge in [0.2, 0.25) is 5.95 Å². The van der Waals surface area contributed by atoms with Gasteiger partial charge in [-0.05, 0) is 32.8 Å². The molecule has 20 heavy (non-hydrogen) atoms. The van der Waals surface area contributed by atoms with E-state index in [-0.39, 0.29) is 0 Å². The first-order chi connectivity index (χ1) is 9.72. The van der Waals surface area contributed by atoms with Crippen molar-refractivity contribution < 1.29 is 4.74 Å². The lowest BCUT2D eigenvalue weighted by molar-refractivity contribution is -0.0690. The fourth-order valence-corrected chi connectivity index (χ4v) is 3.46. The van der Waals surface area contributed by atoms with Crippen LogP contribution < -0.4 is 4.90 Å². The summed E-state index contributed by atoms with van der Waals surface area (Å²) >= 11 is 0. The van der Waals surface area contributed by atoms with Gasteiger partial charge in [0.25, 0.3) is 0 Å². The number of hydrogen-bond acceptors (Lipinski definition) is 5. The van der Waals surface area contributed by atoms with Crippen LogP contribution in [0.25, 0.3) is 0 Å². The monoisotopic (exact) mass is 276 g/mol. The van der Waals surface area contributed by atoms with Crippen LogP contribution in [0.1, 0.15) is 26.7 Å². The lowest BCUT2D eigenvalue weighted by atomic mass is 10.1. The minimum atomic E-state index is 0.335. The van der Waals surface area contributed by atoms with E-state index in [0.717, 1.165) is 32.1 Å². The van der Waals surface area contributed by atoms with Crippen molar-refractivity contribution in [1.82, 2.24) is 14.9 Å². The minimum Gasteiger partial charge on any atom is -0.373 e. The molecule has 5 nitrogen and oxygen atoms in total. The highest BCUT2D eigenvalue weighted by molar-refractivity contribution is 5.32. The van der Waals surface area contributed by atoms with E-state index < -0.39 is 0 Å². The van der Waals surface area contributed by atoms with Crippen LogP contribution in [0.5, 0.6) is 0 Å². The van der Waals surface area contributed by atoms with Gasteiger partial charge in [0.05, 0.1) is 12.2 Å². The third-order valence-electron chi connectivity index (χ3n) is 4.15. The van der Waals surface area contributed by atoms with E-state index in [1.165, 1.54) is 12.8 Å². The largest absolute Gasteiger partial charge is 0.373 e. The Bertz CT molecular complexity index is 417. The van der Waals surface area contributed by atoms with Gasteiger partial charge in [-0.3, -0.25) is 4.90 Å². The highest BCUT2D eigenvalue weighted by Crippen LogP contribution is 2.23. The molecule has 0 aliphatic carbocycles. The Balaban J connectivity index is 1.64. The summed E-state index contributed by atoms with van der Waals surface area (Å²) in [7, 11) is 0. The highest BCUT2D eigenvalue weighted by Gasteiger charge is 2.30. The average molecular weight is 276 g/mol. The van der Waals surface area contributed by atoms with Crippen LogP contribution >= 0.6 is 0 Å². The first-order valence-corrected chi connectivity index (χ1v) is 7.64. The smallest absolute Gasteiger partial charge is 0.225 e. The topological polar surface area (TPSA) is 41.5 Å². The van der Waals surface area contributed by atoms with Crippen molar-refractivity contribution >= 4 is 5.95 Å². The van der Waals surface area contributed by atoms with Gasteiger partial charge in [-0.1, -0.05) is 0 Å². The number of hydrogen-bond donors (Lipinski definition) is 0. The Morgan fingerprint density at radius 1 is 1.20 bits per heavy atom. The van der Waals surface area contributed by atoms with Crippen molar-refractivity contribution in [3.63, 3.8) is 0 Å². The molecule has 0 N–H and O–H groups in total. The fourth-order valence-electron chi connectivity index (χ4n) is 3.46. The third kappa shape index (κ3) is 3.10. The molecular formula is C15H24N4O. The zero-order valence-electron chi connectivity index (χ0n) is 12.4. The SMILES string of the molecule is C[C@@H]1CN(C[C@@H]2CCCN2c2ncccn2)C[C@H](C)O1. The van der Waals surface area contributed by atoms with E-state index in [9.17, 15) is 0 Å². The maximum absolute atomic E-state index is 5.81. The maximum Gasteiger partial charge on any atom is 0.225 e. The quantitative estimate of drug-likeness (QED) is 0.838. The van der Waals surface area contributed by atoms with Crippen LogP contribution in [0, 0.1) is 0 Å². The Morgan fingerprint density at radius 3 is 2.60 bits per heavy atom. The Labute approximate surface area is 121 Å². The van der Waals surface area contributed by atoms with Crippen LogP contribution in [0.15, 0.2) is 18.5 Å². The highest BCUT2D eigenvalue weighted by atomic mass is 16.5. The number of aromatic nitrogens is 2. The Kier molecular flexibility index (Phi) is 4.17. The van der Waals surface area contributed by atoms with Crippen LogP contribution in [-0.4, -0.2) is 59.3 Å². The second-order valence-corrected chi connectivity index (χ2v) is 6.01. The third-order valence-corrected chi connectivity index (χ3v) is 4.15. The lowest BCUT2D eigenvalue weighted by Gasteiger charge is -2.38. The maximum atomic E-state index is 5.81. The van der Waals surface area contributed by atoms with Gasteiger partial charge < -0.3 is 9.64 Å². The standard InChI is InChI=1S/C15H24N4O/c1-12-9-18(10-13(2)20-12)11-14-5-3-8-19(14)15-16-6-4-7-17-15/h4,6-7,12-14H,3,5,8-11H2,1-2H3/t12-,13+,14-/m0/s1. The zero-order chi connectivity index (χ0) is 13.9. The van der Waals surface area contributed by atoms with Crippen LogP contribution in [0.4, 0.5) is 5.95 Å². The molecule has 2 saturated heterocycles. The number of anilines is 1. The van der Waals surface area contributed by atoms with Crippen LogP contribution in [0.2, 0.25) is 0 Å².